The van der Waals surface area contributed by atoms with Gasteiger partial charge in [-0.25, -0.2) is 0 Å². The number of nitrogens with one attached hydrogen (secondary N) is 1. The minimum absolute atomic E-state index is 0.202. The normalized spacial score (nSPS) is 10.1. The van der Waals surface area contributed by atoms with Crippen molar-refractivity contribution in [2.24, 2.45) is 5.73 Å². The van der Waals surface area contributed by atoms with Gasteiger partial charge in [0.05, 0.1) is 15.6 Å². The first-order valence-electron chi connectivity index (χ1n) is 5.02. The molecule has 0 unspecified atom stereocenters. The molecule has 0 bridgehead atoms. The molecule has 1 aromatic carbocycles. The van der Waals surface area contributed by atoms with Crippen LogP contribution in [0.2, 0.25) is 5.02 Å². The van der Waals surface area contributed by atoms with E-state index in [1.54, 1.807) is 24.3 Å². The van der Waals surface area contributed by atoms with Crippen LogP contribution in [0.1, 0.15) is 15.2 Å². The maximum atomic E-state index is 11.9. The van der Waals surface area contributed by atoms with Gasteiger partial charge < -0.3 is 11.1 Å². The lowest BCUT2D eigenvalue weighted by Crippen LogP contribution is -2.13. The SMILES string of the molecule is NC(=S)c1ccc(Cl)c(NC(=O)c2cccs2)c1. The minimum atomic E-state index is -0.202. The molecular weight excluding hydrogens is 288 g/mol. The number of carbonyl (C=O) groups excluding carboxylic acids is 1. The fraction of sp³-hybridized carbons (Fsp3) is 0. The fourth-order valence-electron chi connectivity index (χ4n) is 1.37. The molecule has 0 atom stereocenters. The van der Waals surface area contributed by atoms with Crippen molar-refractivity contribution in [2.45, 2.75) is 0 Å². The van der Waals surface area contributed by atoms with Gasteiger partial charge in [0.2, 0.25) is 0 Å². The highest BCUT2D eigenvalue weighted by Gasteiger charge is 2.10. The number of hydrogen-bond acceptors (Lipinski definition) is 3. The Balaban J connectivity index is 2.26. The van der Waals surface area contributed by atoms with Crippen molar-refractivity contribution in [3.63, 3.8) is 0 Å². The number of nitrogens with two attached hydrogens (primary N) is 1. The summed E-state index contributed by atoms with van der Waals surface area (Å²) in [5, 5.41) is 5.01. The summed E-state index contributed by atoms with van der Waals surface area (Å²) in [4.78, 5) is 12.8. The van der Waals surface area contributed by atoms with Crippen molar-refractivity contribution < 1.29 is 4.79 Å². The van der Waals surface area contributed by atoms with Gasteiger partial charge >= 0.3 is 0 Å². The average Bonchev–Trinajstić information content (AvgIpc) is 2.85. The van der Waals surface area contributed by atoms with E-state index >= 15 is 0 Å². The second-order valence-electron chi connectivity index (χ2n) is 3.49. The van der Waals surface area contributed by atoms with Gasteiger partial charge in [0.25, 0.3) is 5.91 Å². The number of carbonyl (C=O) groups is 1. The molecule has 6 heteroatoms. The van der Waals surface area contributed by atoms with Crippen LogP contribution in [0.3, 0.4) is 0 Å². The molecule has 3 nitrogen and oxygen atoms in total. The van der Waals surface area contributed by atoms with E-state index in [2.05, 4.69) is 5.32 Å². The molecule has 0 radical (unpaired) electrons. The lowest BCUT2D eigenvalue weighted by Gasteiger charge is -2.08. The number of benzene rings is 1. The largest absolute Gasteiger partial charge is 0.389 e. The number of anilines is 1. The molecule has 0 saturated carbocycles. The maximum absolute atomic E-state index is 11.9. The number of halogens is 1. The van der Waals surface area contributed by atoms with Crippen molar-refractivity contribution >= 4 is 51.7 Å². The lowest BCUT2D eigenvalue weighted by atomic mass is 10.2. The third-order valence-electron chi connectivity index (χ3n) is 2.24. The summed E-state index contributed by atoms with van der Waals surface area (Å²) in [6, 6.07) is 8.58. The summed E-state index contributed by atoms with van der Waals surface area (Å²) < 4.78 is 0. The second-order valence-corrected chi connectivity index (χ2v) is 5.29. The zero-order valence-electron chi connectivity index (χ0n) is 9.14. The average molecular weight is 297 g/mol. The van der Waals surface area contributed by atoms with Crippen LogP contribution in [0.25, 0.3) is 0 Å². The third-order valence-corrected chi connectivity index (χ3v) is 3.68. The Morgan fingerprint density at radius 2 is 2.17 bits per heavy atom. The Morgan fingerprint density at radius 1 is 1.39 bits per heavy atom. The molecule has 1 aromatic heterocycles. The van der Waals surface area contributed by atoms with Crippen LogP contribution in [0, 0.1) is 0 Å². The Bertz CT molecular complexity index is 596. The molecule has 0 fully saturated rings. The summed E-state index contributed by atoms with van der Waals surface area (Å²) in [7, 11) is 0. The first-order valence-corrected chi connectivity index (χ1v) is 6.68. The van der Waals surface area contributed by atoms with E-state index in [0.29, 0.717) is 21.2 Å². The van der Waals surface area contributed by atoms with Crippen LogP contribution in [0.5, 0.6) is 0 Å². The number of hydrogen-bond donors (Lipinski definition) is 2. The molecule has 92 valence electrons. The molecule has 2 rings (SSSR count). The molecule has 1 heterocycles. The smallest absolute Gasteiger partial charge is 0.265 e. The standard InChI is InChI=1S/C12H9ClN2OS2/c13-8-4-3-7(11(14)17)6-9(8)15-12(16)10-2-1-5-18-10/h1-6H,(H2,14,17)(H,15,16). The Hall–Kier alpha value is -1.43. The Labute approximate surface area is 119 Å². The molecule has 1 amide bonds. The molecule has 0 aliphatic carbocycles. The van der Waals surface area contributed by atoms with Crippen molar-refractivity contribution in [1.29, 1.82) is 0 Å². The van der Waals surface area contributed by atoms with Crippen molar-refractivity contribution in [2.75, 3.05) is 5.32 Å². The first-order chi connectivity index (χ1) is 8.58. The van der Waals surface area contributed by atoms with Crippen LogP contribution in [-0.4, -0.2) is 10.9 Å². The van der Waals surface area contributed by atoms with Crippen molar-refractivity contribution in [3.05, 3.63) is 51.2 Å². The summed E-state index contributed by atoms with van der Waals surface area (Å²) in [6.07, 6.45) is 0. The highest BCUT2D eigenvalue weighted by Crippen LogP contribution is 2.24. The highest BCUT2D eigenvalue weighted by atomic mass is 35.5. The second kappa shape index (κ2) is 5.48. The zero-order chi connectivity index (χ0) is 13.1. The molecule has 0 aliphatic heterocycles. The van der Waals surface area contributed by atoms with E-state index < -0.39 is 0 Å². The first kappa shape index (κ1) is 13.0. The molecule has 2 aromatic rings. The molecule has 18 heavy (non-hydrogen) atoms. The van der Waals surface area contributed by atoms with Crippen LogP contribution in [0.4, 0.5) is 5.69 Å². The number of rotatable bonds is 3. The lowest BCUT2D eigenvalue weighted by molar-refractivity contribution is 0.103. The minimum Gasteiger partial charge on any atom is -0.389 e. The van der Waals surface area contributed by atoms with Gasteiger partial charge in [-0.15, -0.1) is 11.3 Å². The maximum Gasteiger partial charge on any atom is 0.265 e. The quantitative estimate of drug-likeness (QED) is 0.855. The molecule has 3 N–H and O–H groups in total. The number of thiocarbonyl (C=S) groups is 1. The van der Waals surface area contributed by atoms with Crippen molar-refractivity contribution in [3.8, 4) is 0 Å². The Kier molecular flexibility index (Phi) is 3.96. The topological polar surface area (TPSA) is 55.1 Å². The molecular formula is C12H9ClN2OS2. The summed E-state index contributed by atoms with van der Waals surface area (Å²) in [5.41, 5.74) is 6.70. The summed E-state index contributed by atoms with van der Waals surface area (Å²) >= 11 is 12.3. The predicted octanol–water partition coefficient (Wildman–Crippen LogP) is 3.29. The van der Waals surface area contributed by atoms with E-state index in [0.717, 1.165) is 0 Å². The number of amides is 1. The van der Waals surface area contributed by atoms with Gasteiger partial charge in [0.1, 0.15) is 4.99 Å². The predicted molar refractivity (Wildman–Crippen MR) is 79.6 cm³/mol. The van der Waals surface area contributed by atoms with E-state index in [1.807, 2.05) is 11.4 Å². The van der Waals surface area contributed by atoms with Gasteiger partial charge in [-0.05, 0) is 23.6 Å². The van der Waals surface area contributed by atoms with Crippen molar-refractivity contribution in [1.82, 2.24) is 0 Å². The summed E-state index contributed by atoms with van der Waals surface area (Å²) in [5.74, 6) is -0.202. The molecule has 0 spiro atoms. The molecule has 0 saturated heterocycles. The zero-order valence-corrected chi connectivity index (χ0v) is 11.5. The van der Waals surface area contributed by atoms with E-state index in [9.17, 15) is 4.79 Å². The molecule has 0 aliphatic rings. The van der Waals surface area contributed by atoms with Gasteiger partial charge in [-0.1, -0.05) is 36.0 Å². The van der Waals surface area contributed by atoms with Crippen LogP contribution in [0.15, 0.2) is 35.7 Å². The van der Waals surface area contributed by atoms with Gasteiger partial charge in [-0.3, -0.25) is 4.79 Å². The van der Waals surface area contributed by atoms with Gasteiger partial charge in [-0.2, -0.15) is 0 Å². The van der Waals surface area contributed by atoms with Crippen LogP contribution >= 0.6 is 35.2 Å². The van der Waals surface area contributed by atoms with Crippen LogP contribution < -0.4 is 11.1 Å². The number of thiophene rings is 1. The fourth-order valence-corrected chi connectivity index (χ4v) is 2.28. The van der Waals surface area contributed by atoms with E-state index in [1.165, 1.54) is 11.3 Å². The summed E-state index contributed by atoms with van der Waals surface area (Å²) in [6.45, 7) is 0. The van der Waals surface area contributed by atoms with Crippen LogP contribution in [-0.2, 0) is 0 Å². The van der Waals surface area contributed by atoms with Gasteiger partial charge in [0, 0.05) is 5.56 Å². The Morgan fingerprint density at radius 3 is 2.78 bits per heavy atom. The monoisotopic (exact) mass is 296 g/mol. The van der Waals surface area contributed by atoms with E-state index in [4.69, 9.17) is 29.6 Å². The third kappa shape index (κ3) is 2.87. The van der Waals surface area contributed by atoms with Gasteiger partial charge in [0.15, 0.2) is 0 Å². The highest BCUT2D eigenvalue weighted by molar-refractivity contribution is 7.80. The van der Waals surface area contributed by atoms with E-state index in [-0.39, 0.29) is 10.9 Å².